The molecule has 0 aliphatic carbocycles. The molecule has 0 saturated carbocycles. The number of halogens is 1. The van der Waals surface area contributed by atoms with Crippen LogP contribution in [0.1, 0.15) is 26.3 Å². The molecule has 0 heterocycles. The summed E-state index contributed by atoms with van der Waals surface area (Å²) in [5.41, 5.74) is 5.75. The van der Waals surface area contributed by atoms with Crippen LogP contribution in [0.15, 0.2) is 24.3 Å². The van der Waals surface area contributed by atoms with Crippen molar-refractivity contribution >= 4 is 5.91 Å². The fraction of sp³-hybridized carbons (Fsp3) is 0.417. The van der Waals surface area contributed by atoms with Crippen LogP contribution in [0.4, 0.5) is 4.39 Å². The van der Waals surface area contributed by atoms with Crippen molar-refractivity contribution in [2.24, 2.45) is 5.73 Å². The number of amides is 1. The SMILES string of the molecule is CC(N)C(=O)NC(C)(C)c1ccc(F)cc1. The van der Waals surface area contributed by atoms with Crippen LogP contribution in [0.3, 0.4) is 0 Å². The summed E-state index contributed by atoms with van der Waals surface area (Å²) in [4.78, 5) is 11.5. The maximum atomic E-state index is 12.8. The second-order valence-corrected chi connectivity index (χ2v) is 4.41. The summed E-state index contributed by atoms with van der Waals surface area (Å²) in [6.07, 6.45) is 0. The van der Waals surface area contributed by atoms with Crippen molar-refractivity contribution in [2.75, 3.05) is 0 Å². The van der Waals surface area contributed by atoms with Crippen molar-refractivity contribution in [1.82, 2.24) is 5.32 Å². The summed E-state index contributed by atoms with van der Waals surface area (Å²) >= 11 is 0. The van der Waals surface area contributed by atoms with E-state index in [0.29, 0.717) is 0 Å². The highest BCUT2D eigenvalue weighted by Gasteiger charge is 2.23. The summed E-state index contributed by atoms with van der Waals surface area (Å²) in [5, 5.41) is 2.81. The number of hydrogen-bond acceptors (Lipinski definition) is 2. The van der Waals surface area contributed by atoms with Gasteiger partial charge in [0.15, 0.2) is 0 Å². The predicted octanol–water partition coefficient (Wildman–Crippen LogP) is 1.52. The monoisotopic (exact) mass is 224 g/mol. The lowest BCUT2D eigenvalue weighted by atomic mass is 9.94. The number of benzene rings is 1. The fourth-order valence-corrected chi connectivity index (χ4v) is 1.36. The number of carbonyl (C=O) groups is 1. The molecule has 1 amide bonds. The molecule has 0 fully saturated rings. The summed E-state index contributed by atoms with van der Waals surface area (Å²) in [6.45, 7) is 5.32. The quantitative estimate of drug-likeness (QED) is 0.818. The van der Waals surface area contributed by atoms with Gasteiger partial charge in [-0.3, -0.25) is 4.79 Å². The minimum atomic E-state index is -0.557. The maximum absolute atomic E-state index is 12.8. The van der Waals surface area contributed by atoms with E-state index in [9.17, 15) is 9.18 Å². The molecule has 0 aliphatic rings. The molecule has 1 aromatic carbocycles. The Hall–Kier alpha value is -1.42. The smallest absolute Gasteiger partial charge is 0.237 e. The van der Waals surface area contributed by atoms with Crippen molar-refractivity contribution in [3.8, 4) is 0 Å². The normalized spacial score (nSPS) is 13.3. The third kappa shape index (κ3) is 3.03. The second-order valence-electron chi connectivity index (χ2n) is 4.41. The standard InChI is InChI=1S/C12H17FN2O/c1-8(14)11(16)15-12(2,3)9-4-6-10(13)7-5-9/h4-8H,14H2,1-3H3,(H,15,16). The fourth-order valence-electron chi connectivity index (χ4n) is 1.36. The molecule has 0 saturated heterocycles. The van der Waals surface area contributed by atoms with Gasteiger partial charge in [-0.05, 0) is 38.5 Å². The Bertz CT molecular complexity index is 371. The highest BCUT2D eigenvalue weighted by molar-refractivity contribution is 5.81. The third-order valence-corrected chi connectivity index (χ3v) is 2.42. The molecule has 4 heteroatoms. The van der Waals surface area contributed by atoms with Gasteiger partial charge in [0.2, 0.25) is 5.91 Å². The van der Waals surface area contributed by atoms with E-state index in [2.05, 4.69) is 5.32 Å². The van der Waals surface area contributed by atoms with E-state index in [4.69, 9.17) is 5.73 Å². The molecule has 1 aromatic rings. The minimum absolute atomic E-state index is 0.227. The van der Waals surface area contributed by atoms with E-state index in [1.165, 1.54) is 12.1 Å². The molecule has 1 rings (SSSR count). The number of nitrogens with two attached hydrogens (primary N) is 1. The highest BCUT2D eigenvalue weighted by Crippen LogP contribution is 2.20. The van der Waals surface area contributed by atoms with Crippen LogP contribution < -0.4 is 11.1 Å². The lowest BCUT2D eigenvalue weighted by molar-refractivity contribution is -0.123. The molecule has 0 aromatic heterocycles. The van der Waals surface area contributed by atoms with Gasteiger partial charge in [0.25, 0.3) is 0 Å². The van der Waals surface area contributed by atoms with Crippen LogP contribution in [-0.2, 0) is 10.3 Å². The Labute approximate surface area is 94.8 Å². The minimum Gasteiger partial charge on any atom is -0.346 e. The van der Waals surface area contributed by atoms with Gasteiger partial charge < -0.3 is 11.1 Å². The van der Waals surface area contributed by atoms with Gasteiger partial charge in [-0.25, -0.2) is 4.39 Å². The zero-order valence-corrected chi connectivity index (χ0v) is 9.75. The molecule has 3 nitrogen and oxygen atoms in total. The molecule has 0 aliphatic heterocycles. The van der Waals surface area contributed by atoms with E-state index in [-0.39, 0.29) is 11.7 Å². The number of nitrogens with one attached hydrogen (secondary N) is 1. The van der Waals surface area contributed by atoms with Gasteiger partial charge in [-0.2, -0.15) is 0 Å². The molecule has 0 bridgehead atoms. The van der Waals surface area contributed by atoms with Crippen LogP contribution in [0.25, 0.3) is 0 Å². The second kappa shape index (κ2) is 4.61. The number of rotatable bonds is 3. The van der Waals surface area contributed by atoms with Gasteiger partial charge in [-0.15, -0.1) is 0 Å². The van der Waals surface area contributed by atoms with Crippen molar-refractivity contribution in [1.29, 1.82) is 0 Å². The van der Waals surface area contributed by atoms with E-state index in [1.54, 1.807) is 19.1 Å². The molecule has 3 N–H and O–H groups in total. The van der Waals surface area contributed by atoms with Gasteiger partial charge in [0.1, 0.15) is 5.82 Å². The van der Waals surface area contributed by atoms with Crippen LogP contribution in [0.5, 0.6) is 0 Å². The molecule has 1 atom stereocenters. The zero-order chi connectivity index (χ0) is 12.3. The average Bonchev–Trinajstić information content (AvgIpc) is 2.17. The Balaban J connectivity index is 2.85. The van der Waals surface area contributed by atoms with Crippen molar-refractivity contribution in [3.63, 3.8) is 0 Å². The van der Waals surface area contributed by atoms with Crippen molar-refractivity contribution in [2.45, 2.75) is 32.4 Å². The summed E-state index contributed by atoms with van der Waals surface area (Å²) in [5.74, 6) is -0.521. The van der Waals surface area contributed by atoms with Crippen LogP contribution >= 0.6 is 0 Å². The number of carbonyl (C=O) groups excluding carboxylic acids is 1. The molecule has 16 heavy (non-hydrogen) atoms. The molecule has 88 valence electrons. The van der Waals surface area contributed by atoms with Crippen LogP contribution in [-0.4, -0.2) is 11.9 Å². The van der Waals surface area contributed by atoms with Gasteiger partial charge in [0.05, 0.1) is 11.6 Å². The molecule has 1 unspecified atom stereocenters. The molecular formula is C12H17FN2O. The summed E-state index contributed by atoms with van der Waals surface area (Å²) < 4.78 is 12.8. The van der Waals surface area contributed by atoms with Gasteiger partial charge in [-0.1, -0.05) is 12.1 Å². The first kappa shape index (κ1) is 12.6. The Morgan fingerprint density at radius 1 is 1.38 bits per heavy atom. The summed E-state index contributed by atoms with van der Waals surface area (Å²) in [6, 6.07) is 5.48. The summed E-state index contributed by atoms with van der Waals surface area (Å²) in [7, 11) is 0. The first-order valence-corrected chi connectivity index (χ1v) is 5.16. The lowest BCUT2D eigenvalue weighted by Crippen LogP contribution is -2.47. The van der Waals surface area contributed by atoms with Crippen LogP contribution in [0, 0.1) is 5.82 Å². The van der Waals surface area contributed by atoms with E-state index in [0.717, 1.165) is 5.56 Å². The Kier molecular flexibility index (Phi) is 3.65. The van der Waals surface area contributed by atoms with Gasteiger partial charge in [0, 0.05) is 0 Å². The Morgan fingerprint density at radius 3 is 2.31 bits per heavy atom. The maximum Gasteiger partial charge on any atom is 0.237 e. The van der Waals surface area contributed by atoms with E-state index >= 15 is 0 Å². The highest BCUT2D eigenvalue weighted by atomic mass is 19.1. The topological polar surface area (TPSA) is 55.1 Å². The first-order valence-electron chi connectivity index (χ1n) is 5.16. The van der Waals surface area contributed by atoms with Crippen molar-refractivity contribution in [3.05, 3.63) is 35.6 Å². The molecular weight excluding hydrogens is 207 g/mol. The van der Waals surface area contributed by atoms with E-state index < -0.39 is 11.6 Å². The first-order chi connectivity index (χ1) is 7.33. The lowest BCUT2D eigenvalue weighted by Gasteiger charge is -2.27. The molecule has 0 radical (unpaired) electrons. The third-order valence-electron chi connectivity index (χ3n) is 2.42. The largest absolute Gasteiger partial charge is 0.346 e. The van der Waals surface area contributed by atoms with Crippen LogP contribution in [0.2, 0.25) is 0 Å². The number of hydrogen-bond donors (Lipinski definition) is 2. The molecule has 0 spiro atoms. The predicted molar refractivity (Wildman–Crippen MR) is 61.2 cm³/mol. The Morgan fingerprint density at radius 2 is 1.88 bits per heavy atom. The zero-order valence-electron chi connectivity index (χ0n) is 9.75. The van der Waals surface area contributed by atoms with Crippen molar-refractivity contribution < 1.29 is 9.18 Å². The van der Waals surface area contributed by atoms with Gasteiger partial charge >= 0.3 is 0 Å². The van der Waals surface area contributed by atoms with E-state index in [1.807, 2.05) is 13.8 Å². The average molecular weight is 224 g/mol.